The van der Waals surface area contributed by atoms with Crippen LogP contribution in [0.15, 0.2) is 0 Å². The lowest BCUT2D eigenvalue weighted by Gasteiger charge is -2.03. The van der Waals surface area contributed by atoms with Crippen molar-refractivity contribution in [2.24, 2.45) is 0 Å². The third-order valence-electron chi connectivity index (χ3n) is 2.98. The van der Waals surface area contributed by atoms with E-state index >= 15 is 0 Å². The number of aliphatic carboxylic acids is 1. The first kappa shape index (κ1) is 18.8. The lowest BCUT2D eigenvalue weighted by molar-refractivity contribution is -0.305. The molecule has 0 saturated carbocycles. The molecule has 0 aliphatic carbocycles. The number of carbonyl (C=O) groups is 1. The average Bonchev–Trinajstić information content (AvgIpc) is 2.25. The SMILES string of the molecule is CCCCCCCCCCCCCC(=O)[O-].[NH4+]. The van der Waals surface area contributed by atoms with E-state index in [1.165, 1.54) is 57.8 Å². The molecule has 0 radical (unpaired) electrons. The van der Waals surface area contributed by atoms with E-state index < -0.39 is 5.97 Å². The molecule has 3 nitrogen and oxygen atoms in total. The molecule has 0 aliphatic heterocycles. The van der Waals surface area contributed by atoms with Crippen LogP contribution in [0.5, 0.6) is 0 Å². The zero-order valence-electron chi connectivity index (χ0n) is 11.8. The highest BCUT2D eigenvalue weighted by molar-refractivity contribution is 5.63. The minimum atomic E-state index is -0.907. The first-order valence-electron chi connectivity index (χ1n) is 6.97. The van der Waals surface area contributed by atoms with Crippen LogP contribution in [0.4, 0.5) is 0 Å². The fourth-order valence-corrected chi connectivity index (χ4v) is 1.93. The molecule has 4 N–H and O–H groups in total. The number of unbranched alkanes of at least 4 members (excludes halogenated alkanes) is 10. The van der Waals surface area contributed by atoms with Gasteiger partial charge in [-0.15, -0.1) is 0 Å². The Balaban J connectivity index is 0. The third-order valence-corrected chi connectivity index (χ3v) is 2.98. The van der Waals surface area contributed by atoms with E-state index in [4.69, 9.17) is 0 Å². The molecule has 104 valence electrons. The van der Waals surface area contributed by atoms with Crippen molar-refractivity contribution < 1.29 is 9.90 Å². The molecule has 0 heterocycles. The Labute approximate surface area is 107 Å². The second-order valence-corrected chi connectivity index (χ2v) is 4.66. The maximum atomic E-state index is 10.1. The van der Waals surface area contributed by atoms with Crippen molar-refractivity contribution in [1.82, 2.24) is 6.15 Å². The van der Waals surface area contributed by atoms with Gasteiger partial charge >= 0.3 is 0 Å². The van der Waals surface area contributed by atoms with Crippen LogP contribution >= 0.6 is 0 Å². The lowest BCUT2D eigenvalue weighted by Crippen LogP contribution is -2.21. The Hall–Kier alpha value is -0.570. The highest BCUT2D eigenvalue weighted by Crippen LogP contribution is 2.11. The van der Waals surface area contributed by atoms with Gasteiger partial charge in [0.05, 0.1) is 0 Å². The van der Waals surface area contributed by atoms with Gasteiger partial charge in [-0.2, -0.15) is 0 Å². The normalized spacial score (nSPS) is 9.94. The van der Waals surface area contributed by atoms with E-state index in [0.29, 0.717) is 0 Å². The van der Waals surface area contributed by atoms with Crippen molar-refractivity contribution in [2.45, 2.75) is 84.0 Å². The fourth-order valence-electron chi connectivity index (χ4n) is 1.93. The molecule has 3 heteroatoms. The summed E-state index contributed by atoms with van der Waals surface area (Å²) >= 11 is 0. The summed E-state index contributed by atoms with van der Waals surface area (Å²) in [6.07, 6.45) is 14.0. The summed E-state index contributed by atoms with van der Waals surface area (Å²) in [6.45, 7) is 2.24. The first-order chi connectivity index (χ1) is 7.77. The van der Waals surface area contributed by atoms with Crippen molar-refractivity contribution >= 4 is 5.97 Å². The Morgan fingerprint density at radius 2 is 1.12 bits per heavy atom. The van der Waals surface area contributed by atoms with Crippen LogP contribution in [0.3, 0.4) is 0 Å². The van der Waals surface area contributed by atoms with E-state index in [-0.39, 0.29) is 12.6 Å². The van der Waals surface area contributed by atoms with Gasteiger partial charge in [0.15, 0.2) is 0 Å². The number of carboxylic acids is 1. The van der Waals surface area contributed by atoms with Gasteiger partial charge in [0.25, 0.3) is 0 Å². The highest BCUT2D eigenvalue weighted by Gasteiger charge is 1.93. The highest BCUT2D eigenvalue weighted by atomic mass is 16.4. The topological polar surface area (TPSA) is 76.6 Å². The van der Waals surface area contributed by atoms with Crippen molar-refractivity contribution in [3.8, 4) is 0 Å². The smallest absolute Gasteiger partial charge is 0.0414 e. The second-order valence-electron chi connectivity index (χ2n) is 4.66. The first-order valence-corrected chi connectivity index (χ1v) is 6.97. The van der Waals surface area contributed by atoms with E-state index in [9.17, 15) is 9.90 Å². The van der Waals surface area contributed by atoms with Crippen molar-refractivity contribution in [2.75, 3.05) is 0 Å². The van der Waals surface area contributed by atoms with E-state index in [1.54, 1.807) is 0 Å². The number of quaternary nitrogens is 1. The molecule has 0 atom stereocenters. The summed E-state index contributed by atoms with van der Waals surface area (Å²) in [5.41, 5.74) is 0. The van der Waals surface area contributed by atoms with Crippen LogP contribution in [0.1, 0.15) is 84.0 Å². The molecule has 0 rings (SSSR count). The van der Waals surface area contributed by atoms with Crippen LogP contribution in [0.2, 0.25) is 0 Å². The summed E-state index contributed by atoms with van der Waals surface area (Å²) in [5.74, 6) is -0.907. The number of rotatable bonds is 12. The molecule has 0 amide bonds. The quantitative estimate of drug-likeness (QED) is 0.531. The number of carbonyl (C=O) groups excluding carboxylic acids is 1. The Morgan fingerprint density at radius 1 is 0.765 bits per heavy atom. The molecule has 0 unspecified atom stereocenters. The minimum absolute atomic E-state index is 0. The predicted octanol–water partition coefficient (Wildman–Crippen LogP) is 3.81. The van der Waals surface area contributed by atoms with Gasteiger partial charge in [-0.05, 0) is 12.8 Å². The molecule has 0 fully saturated rings. The molecular formula is C14H31NO2. The summed E-state index contributed by atoms with van der Waals surface area (Å²) in [6, 6.07) is 0. The number of hydrogen-bond acceptors (Lipinski definition) is 2. The van der Waals surface area contributed by atoms with Crippen LogP contribution in [0.25, 0.3) is 0 Å². The van der Waals surface area contributed by atoms with Crippen molar-refractivity contribution in [3.05, 3.63) is 0 Å². The molecular weight excluding hydrogens is 214 g/mol. The monoisotopic (exact) mass is 245 g/mol. The maximum absolute atomic E-state index is 10.1. The summed E-state index contributed by atoms with van der Waals surface area (Å²) in [4.78, 5) is 10.1. The van der Waals surface area contributed by atoms with Crippen LogP contribution in [-0.4, -0.2) is 5.97 Å². The van der Waals surface area contributed by atoms with Gasteiger partial charge in [-0.3, -0.25) is 0 Å². The largest absolute Gasteiger partial charge is 0.550 e. The zero-order valence-corrected chi connectivity index (χ0v) is 11.8. The van der Waals surface area contributed by atoms with E-state index in [2.05, 4.69) is 6.92 Å². The Morgan fingerprint density at radius 3 is 1.47 bits per heavy atom. The maximum Gasteiger partial charge on any atom is 0.0414 e. The average molecular weight is 245 g/mol. The van der Waals surface area contributed by atoms with Crippen LogP contribution in [0, 0.1) is 0 Å². The molecule has 0 saturated heterocycles. The Kier molecular flexibility index (Phi) is 17.1. The third kappa shape index (κ3) is 18.0. The van der Waals surface area contributed by atoms with Gasteiger partial charge in [-0.25, -0.2) is 0 Å². The van der Waals surface area contributed by atoms with Gasteiger partial charge < -0.3 is 16.1 Å². The second kappa shape index (κ2) is 15.4. The summed E-state index contributed by atoms with van der Waals surface area (Å²) < 4.78 is 0. The predicted molar refractivity (Wildman–Crippen MR) is 72.1 cm³/mol. The molecule has 0 aromatic rings. The molecule has 0 spiro atoms. The van der Waals surface area contributed by atoms with Gasteiger partial charge in [-0.1, -0.05) is 71.1 Å². The zero-order chi connectivity index (χ0) is 12.1. The standard InChI is InChI=1S/C14H28O2.H3N/c1-2-3-4-5-6-7-8-9-10-11-12-13-14(15)16;/h2-13H2,1H3,(H,15,16);1H3. The number of hydrogen-bond donors (Lipinski definition) is 1. The number of carboxylic acid groups (broad SMARTS) is 1. The van der Waals surface area contributed by atoms with Gasteiger partial charge in [0, 0.05) is 5.97 Å². The lowest BCUT2D eigenvalue weighted by atomic mass is 10.1. The fraction of sp³-hybridized carbons (Fsp3) is 0.929. The van der Waals surface area contributed by atoms with Crippen LogP contribution in [-0.2, 0) is 4.79 Å². The Bertz CT molecular complexity index is 160. The van der Waals surface area contributed by atoms with Gasteiger partial charge in [0.1, 0.15) is 0 Å². The van der Waals surface area contributed by atoms with Crippen LogP contribution < -0.4 is 11.3 Å². The van der Waals surface area contributed by atoms with Crippen molar-refractivity contribution in [1.29, 1.82) is 0 Å². The van der Waals surface area contributed by atoms with E-state index in [0.717, 1.165) is 12.8 Å². The molecule has 17 heavy (non-hydrogen) atoms. The summed E-state index contributed by atoms with van der Waals surface area (Å²) in [5, 5.41) is 10.1. The van der Waals surface area contributed by atoms with E-state index in [1.807, 2.05) is 0 Å². The van der Waals surface area contributed by atoms with Crippen molar-refractivity contribution in [3.63, 3.8) is 0 Å². The minimum Gasteiger partial charge on any atom is -0.550 e. The molecule has 0 bridgehead atoms. The molecule has 0 aromatic carbocycles. The molecule has 0 aliphatic rings. The molecule has 0 aromatic heterocycles. The summed E-state index contributed by atoms with van der Waals surface area (Å²) in [7, 11) is 0. The van der Waals surface area contributed by atoms with Gasteiger partial charge in [0.2, 0.25) is 0 Å².